The lowest BCUT2D eigenvalue weighted by Crippen LogP contribution is -2.58. The van der Waals surface area contributed by atoms with E-state index in [9.17, 15) is 14.4 Å². The molecule has 8 nitrogen and oxygen atoms in total. The molecule has 2 unspecified atom stereocenters. The van der Waals surface area contributed by atoms with Gasteiger partial charge in [0.15, 0.2) is 0 Å². The lowest BCUT2D eigenvalue weighted by Gasteiger charge is -2.39. The first kappa shape index (κ1) is 19.7. The second-order valence-electron chi connectivity index (χ2n) is 8.31. The fourth-order valence-corrected chi connectivity index (χ4v) is 4.60. The average Bonchev–Trinajstić information content (AvgIpc) is 3.08. The van der Waals surface area contributed by atoms with Crippen LogP contribution >= 0.6 is 0 Å². The van der Waals surface area contributed by atoms with Crippen LogP contribution in [0.25, 0.3) is 0 Å². The molecule has 4 heterocycles. The number of hydrogen-bond donors (Lipinski definition) is 2. The first-order valence-corrected chi connectivity index (χ1v) is 10.6. The number of amides is 3. The Morgan fingerprint density at radius 1 is 1.10 bits per heavy atom. The molecule has 156 valence electrons. The summed E-state index contributed by atoms with van der Waals surface area (Å²) in [6.45, 7) is 3.78. The third kappa shape index (κ3) is 3.93. The quantitative estimate of drug-likeness (QED) is 0.790. The second-order valence-corrected chi connectivity index (χ2v) is 8.31. The number of nitrogens with one attached hydrogen (secondary N) is 2. The summed E-state index contributed by atoms with van der Waals surface area (Å²) in [5, 5.41) is 6.39. The van der Waals surface area contributed by atoms with E-state index in [0.717, 1.165) is 38.8 Å². The highest BCUT2D eigenvalue weighted by atomic mass is 16.2. The third-order valence-corrected chi connectivity index (χ3v) is 6.37. The van der Waals surface area contributed by atoms with Crippen molar-refractivity contribution in [1.82, 2.24) is 20.1 Å². The normalized spacial score (nSPS) is 26.1. The molecule has 0 bridgehead atoms. The maximum Gasteiger partial charge on any atom is 0.256 e. The van der Waals surface area contributed by atoms with Crippen molar-refractivity contribution in [3.63, 3.8) is 0 Å². The number of aromatic nitrogens is 1. The molecule has 3 amide bonds. The Morgan fingerprint density at radius 3 is 2.62 bits per heavy atom. The van der Waals surface area contributed by atoms with Crippen LogP contribution in [0.1, 0.15) is 62.2 Å². The highest BCUT2D eigenvalue weighted by Crippen LogP contribution is 2.31. The van der Waals surface area contributed by atoms with E-state index >= 15 is 0 Å². The van der Waals surface area contributed by atoms with E-state index in [1.807, 2.05) is 11.8 Å². The van der Waals surface area contributed by atoms with Crippen LogP contribution in [0, 0.1) is 0 Å². The molecule has 2 fully saturated rings. The largest absolute Gasteiger partial charge is 0.347 e. The number of likely N-dealkylation sites (tertiary alicyclic amines) is 2. The Morgan fingerprint density at radius 2 is 1.86 bits per heavy atom. The summed E-state index contributed by atoms with van der Waals surface area (Å²) in [5.74, 6) is 0.358. The zero-order valence-corrected chi connectivity index (χ0v) is 16.9. The Hall–Kier alpha value is -2.64. The zero-order valence-electron chi connectivity index (χ0n) is 16.9. The maximum atomic E-state index is 13.0. The minimum absolute atomic E-state index is 0.0313. The fraction of sp³-hybridized carbons (Fsp3) is 0.619. The van der Waals surface area contributed by atoms with Gasteiger partial charge in [-0.25, -0.2) is 4.98 Å². The summed E-state index contributed by atoms with van der Waals surface area (Å²) >= 11 is 0. The number of anilines is 1. The molecule has 3 aliphatic rings. The molecular weight excluding hydrogens is 370 g/mol. The first-order valence-electron chi connectivity index (χ1n) is 10.6. The number of pyridine rings is 1. The van der Waals surface area contributed by atoms with Gasteiger partial charge in [0.25, 0.3) is 5.91 Å². The molecule has 0 saturated carbocycles. The summed E-state index contributed by atoms with van der Waals surface area (Å²) in [6.07, 6.45) is 7.28. The molecule has 2 N–H and O–H groups in total. The van der Waals surface area contributed by atoms with Crippen molar-refractivity contribution >= 4 is 23.5 Å². The van der Waals surface area contributed by atoms with Crippen LogP contribution in [0.5, 0.6) is 0 Å². The van der Waals surface area contributed by atoms with Crippen LogP contribution < -0.4 is 10.6 Å². The number of rotatable bonds is 2. The molecular formula is C21H29N5O3. The van der Waals surface area contributed by atoms with Crippen molar-refractivity contribution in [2.45, 2.75) is 63.6 Å². The minimum atomic E-state index is -0.714. The molecule has 1 aromatic rings. The fourth-order valence-electron chi connectivity index (χ4n) is 4.60. The van der Waals surface area contributed by atoms with Crippen molar-refractivity contribution < 1.29 is 14.4 Å². The van der Waals surface area contributed by atoms with Gasteiger partial charge in [-0.15, -0.1) is 0 Å². The van der Waals surface area contributed by atoms with Gasteiger partial charge < -0.3 is 20.4 Å². The summed E-state index contributed by atoms with van der Waals surface area (Å²) < 4.78 is 0. The van der Waals surface area contributed by atoms with Gasteiger partial charge in [-0.3, -0.25) is 14.4 Å². The minimum Gasteiger partial charge on any atom is -0.347 e. The highest BCUT2D eigenvalue weighted by molar-refractivity contribution is 6.01. The average molecular weight is 399 g/mol. The van der Waals surface area contributed by atoms with Crippen LogP contribution in [-0.2, 0) is 9.59 Å². The summed E-state index contributed by atoms with van der Waals surface area (Å²) in [5.41, 5.74) is -0.205. The van der Waals surface area contributed by atoms with Gasteiger partial charge >= 0.3 is 0 Å². The lowest BCUT2D eigenvalue weighted by atomic mass is 9.97. The highest BCUT2D eigenvalue weighted by Gasteiger charge is 2.42. The Bertz CT molecular complexity index is 805. The van der Waals surface area contributed by atoms with Crippen molar-refractivity contribution in [1.29, 1.82) is 0 Å². The molecule has 1 aromatic heterocycles. The van der Waals surface area contributed by atoms with E-state index in [0.29, 0.717) is 30.8 Å². The second kappa shape index (κ2) is 8.00. The van der Waals surface area contributed by atoms with E-state index in [-0.39, 0.29) is 24.1 Å². The predicted octanol–water partition coefficient (Wildman–Crippen LogP) is 1.74. The zero-order chi connectivity index (χ0) is 20.4. The predicted molar refractivity (Wildman–Crippen MR) is 108 cm³/mol. The number of nitrogens with zero attached hydrogens (tertiary/aromatic N) is 3. The standard InChI is InChI=1S/C21H29N5O3/c1-15(20(29)25-12-4-2-3-5-13-25)26-14-10-21(9-8-17(26)27)23-18-16(19(28)24-21)7-6-11-22-18/h6-7,11,15H,2-5,8-10,12-14H2,1H3,(H,22,23)(H,24,28). The van der Waals surface area contributed by atoms with E-state index < -0.39 is 11.7 Å². The topological polar surface area (TPSA) is 94.6 Å². The summed E-state index contributed by atoms with van der Waals surface area (Å²) in [6, 6.07) is 2.97. The molecule has 2 saturated heterocycles. The van der Waals surface area contributed by atoms with Crippen LogP contribution in [0.3, 0.4) is 0 Å². The lowest BCUT2D eigenvalue weighted by molar-refractivity contribution is -0.144. The number of carbonyl (C=O) groups excluding carboxylic acids is 3. The van der Waals surface area contributed by atoms with Crippen LogP contribution in [0.2, 0.25) is 0 Å². The van der Waals surface area contributed by atoms with Gasteiger partial charge in [-0.1, -0.05) is 12.8 Å². The van der Waals surface area contributed by atoms with Gasteiger partial charge in [-0.05, 0) is 38.3 Å². The van der Waals surface area contributed by atoms with Gasteiger partial charge in [0.1, 0.15) is 17.5 Å². The van der Waals surface area contributed by atoms with Gasteiger partial charge in [0, 0.05) is 38.7 Å². The Balaban J connectivity index is 1.48. The third-order valence-electron chi connectivity index (χ3n) is 6.37. The van der Waals surface area contributed by atoms with E-state index in [2.05, 4.69) is 15.6 Å². The van der Waals surface area contributed by atoms with Gasteiger partial charge in [0.05, 0.1) is 5.56 Å². The van der Waals surface area contributed by atoms with Crippen LogP contribution in [0.4, 0.5) is 5.82 Å². The Labute approximate surface area is 171 Å². The maximum absolute atomic E-state index is 13.0. The molecule has 29 heavy (non-hydrogen) atoms. The molecule has 0 aromatic carbocycles. The number of fused-ring (bicyclic) bond motifs is 1. The number of hydrogen-bond acceptors (Lipinski definition) is 5. The summed E-state index contributed by atoms with van der Waals surface area (Å²) in [4.78, 5) is 46.3. The van der Waals surface area contributed by atoms with Crippen molar-refractivity contribution in [3.05, 3.63) is 23.9 Å². The Kier molecular flexibility index (Phi) is 5.43. The monoisotopic (exact) mass is 399 g/mol. The van der Waals surface area contributed by atoms with E-state index in [4.69, 9.17) is 0 Å². The first-order chi connectivity index (χ1) is 14.0. The molecule has 8 heteroatoms. The molecule has 3 aliphatic heterocycles. The summed E-state index contributed by atoms with van der Waals surface area (Å²) in [7, 11) is 0. The van der Waals surface area contributed by atoms with Crippen molar-refractivity contribution in [3.8, 4) is 0 Å². The van der Waals surface area contributed by atoms with Crippen molar-refractivity contribution in [2.75, 3.05) is 25.0 Å². The molecule has 2 atom stereocenters. The molecule has 1 spiro atoms. The van der Waals surface area contributed by atoms with Crippen molar-refractivity contribution in [2.24, 2.45) is 0 Å². The van der Waals surface area contributed by atoms with E-state index in [1.165, 1.54) is 0 Å². The van der Waals surface area contributed by atoms with Gasteiger partial charge in [0.2, 0.25) is 11.8 Å². The van der Waals surface area contributed by atoms with Gasteiger partial charge in [-0.2, -0.15) is 0 Å². The smallest absolute Gasteiger partial charge is 0.256 e. The van der Waals surface area contributed by atoms with E-state index in [1.54, 1.807) is 23.2 Å². The SMILES string of the molecule is CC(C(=O)N1CCCCCC1)N1CCC2(CCC1=O)NC(=O)c1cccnc1N2. The number of carbonyl (C=O) groups is 3. The van der Waals surface area contributed by atoms with Crippen LogP contribution in [0.15, 0.2) is 18.3 Å². The molecule has 0 radical (unpaired) electrons. The molecule has 0 aliphatic carbocycles. The van der Waals surface area contributed by atoms with Crippen LogP contribution in [-0.4, -0.2) is 63.8 Å². The molecule has 4 rings (SSSR count).